The van der Waals surface area contributed by atoms with Crippen molar-refractivity contribution in [3.63, 3.8) is 0 Å². The molecule has 4 aromatic rings. The van der Waals surface area contributed by atoms with Crippen molar-refractivity contribution in [3.05, 3.63) is 99.9 Å². The Labute approximate surface area is 200 Å². The molecular formula is C27H21NO7. The van der Waals surface area contributed by atoms with Crippen molar-refractivity contribution >= 4 is 28.5 Å². The monoisotopic (exact) mass is 471 g/mol. The third-order valence-electron chi connectivity index (χ3n) is 5.96. The highest BCUT2D eigenvalue weighted by molar-refractivity contribution is 5.98. The zero-order valence-corrected chi connectivity index (χ0v) is 18.9. The average molecular weight is 471 g/mol. The standard InChI is InChI=1S/C27H21NO7/c1-32-18-13-11-17(12-14-18)28-25(29)24-21(15-7-9-16(10-8-15)26(30)33-2)22-23(35-24)19-5-3-4-6-20(19)34-27(22)31/h3-14,21,24H,1-2H3,(H,28,29). The van der Waals surface area contributed by atoms with Crippen LogP contribution in [0.2, 0.25) is 0 Å². The zero-order chi connectivity index (χ0) is 24.5. The Morgan fingerprint density at radius 2 is 1.63 bits per heavy atom. The highest BCUT2D eigenvalue weighted by Crippen LogP contribution is 2.44. The maximum atomic E-state index is 13.4. The van der Waals surface area contributed by atoms with E-state index in [1.807, 2.05) is 0 Å². The Morgan fingerprint density at radius 1 is 0.914 bits per heavy atom. The van der Waals surface area contributed by atoms with Gasteiger partial charge in [-0.2, -0.15) is 0 Å². The second kappa shape index (κ2) is 8.98. The molecule has 0 saturated heterocycles. The fraction of sp³-hybridized carbons (Fsp3) is 0.148. The Bertz CT molecular complexity index is 1470. The average Bonchev–Trinajstić information content (AvgIpc) is 3.31. The van der Waals surface area contributed by atoms with E-state index in [0.29, 0.717) is 39.3 Å². The summed E-state index contributed by atoms with van der Waals surface area (Å²) in [6, 6.07) is 20.4. The van der Waals surface area contributed by atoms with Crippen molar-refractivity contribution in [2.24, 2.45) is 0 Å². The molecular weight excluding hydrogens is 450 g/mol. The van der Waals surface area contributed by atoms with Gasteiger partial charge < -0.3 is 23.9 Å². The number of rotatable bonds is 5. The summed E-state index contributed by atoms with van der Waals surface area (Å²) >= 11 is 0. The SMILES string of the molecule is COC(=O)c1ccc(C2c3c(c4ccccc4oc3=O)OC2C(=O)Nc2ccc(OC)cc2)cc1. The molecule has 2 unspecified atom stereocenters. The Balaban J connectivity index is 1.58. The smallest absolute Gasteiger partial charge is 0.344 e. The van der Waals surface area contributed by atoms with Crippen LogP contribution < -0.4 is 20.4 Å². The van der Waals surface area contributed by atoms with Crippen LogP contribution in [0.25, 0.3) is 11.0 Å². The van der Waals surface area contributed by atoms with Gasteiger partial charge in [0.2, 0.25) is 0 Å². The summed E-state index contributed by atoms with van der Waals surface area (Å²) < 4.78 is 21.6. The van der Waals surface area contributed by atoms with Crippen LogP contribution in [0.15, 0.2) is 82.0 Å². The Kier molecular flexibility index (Phi) is 5.70. The number of para-hydroxylation sites is 1. The molecule has 1 aliphatic rings. The third kappa shape index (κ3) is 3.99. The van der Waals surface area contributed by atoms with E-state index in [1.54, 1.807) is 79.9 Å². The largest absolute Gasteiger partial charge is 0.497 e. The minimum atomic E-state index is -1.05. The van der Waals surface area contributed by atoms with Crippen molar-refractivity contribution in [3.8, 4) is 11.5 Å². The van der Waals surface area contributed by atoms with Crippen LogP contribution in [-0.2, 0) is 9.53 Å². The van der Waals surface area contributed by atoms with E-state index in [-0.39, 0.29) is 5.56 Å². The van der Waals surface area contributed by atoms with E-state index in [4.69, 9.17) is 18.6 Å². The molecule has 0 bridgehead atoms. The summed E-state index contributed by atoms with van der Waals surface area (Å²) in [7, 11) is 2.86. The zero-order valence-electron chi connectivity index (χ0n) is 18.9. The predicted molar refractivity (Wildman–Crippen MR) is 128 cm³/mol. The molecule has 1 N–H and O–H groups in total. The van der Waals surface area contributed by atoms with Crippen molar-refractivity contribution in [1.29, 1.82) is 0 Å². The lowest BCUT2D eigenvalue weighted by molar-refractivity contribution is -0.122. The first kappa shape index (κ1) is 22.2. The lowest BCUT2D eigenvalue weighted by Crippen LogP contribution is -2.35. The van der Waals surface area contributed by atoms with Crippen molar-refractivity contribution < 1.29 is 28.2 Å². The van der Waals surface area contributed by atoms with E-state index in [1.165, 1.54) is 7.11 Å². The van der Waals surface area contributed by atoms with E-state index in [0.717, 1.165) is 0 Å². The molecule has 1 aliphatic heterocycles. The topological polar surface area (TPSA) is 104 Å². The summed E-state index contributed by atoms with van der Waals surface area (Å²) in [5, 5.41) is 3.45. The predicted octanol–water partition coefficient (Wildman–Crippen LogP) is 4.12. The van der Waals surface area contributed by atoms with Gasteiger partial charge in [0.1, 0.15) is 17.1 Å². The number of hydrogen-bond donors (Lipinski definition) is 1. The lowest BCUT2D eigenvalue weighted by Gasteiger charge is -2.19. The molecule has 1 aromatic heterocycles. The fourth-order valence-electron chi connectivity index (χ4n) is 4.26. The quantitative estimate of drug-likeness (QED) is 0.345. The third-order valence-corrected chi connectivity index (χ3v) is 5.96. The molecule has 3 aromatic carbocycles. The second-order valence-electron chi connectivity index (χ2n) is 7.98. The highest BCUT2D eigenvalue weighted by atomic mass is 16.5. The summed E-state index contributed by atoms with van der Waals surface area (Å²) in [5.41, 5.74) is 1.55. The fourth-order valence-corrected chi connectivity index (χ4v) is 4.26. The summed E-state index contributed by atoms with van der Waals surface area (Å²) in [4.78, 5) is 38.4. The molecule has 0 fully saturated rings. The highest BCUT2D eigenvalue weighted by Gasteiger charge is 2.44. The number of esters is 1. The van der Waals surface area contributed by atoms with Crippen molar-refractivity contribution in [2.75, 3.05) is 19.5 Å². The van der Waals surface area contributed by atoms with Crippen LogP contribution in [0.3, 0.4) is 0 Å². The molecule has 2 heterocycles. The number of anilines is 1. The number of ether oxygens (including phenoxy) is 3. The van der Waals surface area contributed by atoms with Gasteiger partial charge in [0, 0.05) is 5.69 Å². The molecule has 8 nitrogen and oxygen atoms in total. The molecule has 5 rings (SSSR count). The molecule has 35 heavy (non-hydrogen) atoms. The summed E-state index contributed by atoms with van der Waals surface area (Å²) in [6.45, 7) is 0. The maximum Gasteiger partial charge on any atom is 0.344 e. The molecule has 0 aliphatic carbocycles. The van der Waals surface area contributed by atoms with Gasteiger partial charge in [0.15, 0.2) is 6.10 Å². The molecule has 0 spiro atoms. The summed E-state index contributed by atoms with van der Waals surface area (Å²) in [5.74, 6) is -0.708. The van der Waals surface area contributed by atoms with Crippen LogP contribution in [-0.4, -0.2) is 32.2 Å². The van der Waals surface area contributed by atoms with Gasteiger partial charge in [-0.25, -0.2) is 9.59 Å². The lowest BCUT2D eigenvalue weighted by atomic mass is 9.87. The van der Waals surface area contributed by atoms with Crippen LogP contribution in [0.4, 0.5) is 5.69 Å². The first-order valence-corrected chi connectivity index (χ1v) is 10.9. The van der Waals surface area contributed by atoms with Gasteiger partial charge in [0.25, 0.3) is 5.91 Å². The van der Waals surface area contributed by atoms with Crippen molar-refractivity contribution in [1.82, 2.24) is 0 Å². The number of hydrogen-bond acceptors (Lipinski definition) is 7. The van der Waals surface area contributed by atoms with E-state index in [2.05, 4.69) is 5.32 Å². The Morgan fingerprint density at radius 3 is 2.31 bits per heavy atom. The van der Waals surface area contributed by atoms with E-state index < -0.39 is 29.5 Å². The number of amides is 1. The molecule has 1 amide bonds. The van der Waals surface area contributed by atoms with Crippen LogP contribution in [0, 0.1) is 0 Å². The number of benzene rings is 3. The Hall–Kier alpha value is -4.59. The maximum absolute atomic E-state index is 13.4. The molecule has 2 atom stereocenters. The minimum Gasteiger partial charge on any atom is -0.497 e. The van der Waals surface area contributed by atoms with Crippen LogP contribution in [0.5, 0.6) is 11.5 Å². The van der Waals surface area contributed by atoms with Crippen molar-refractivity contribution in [2.45, 2.75) is 12.0 Å². The van der Waals surface area contributed by atoms with Crippen LogP contribution >= 0.6 is 0 Å². The van der Waals surface area contributed by atoms with Gasteiger partial charge in [-0.1, -0.05) is 24.3 Å². The van der Waals surface area contributed by atoms with Gasteiger partial charge in [-0.05, 0) is 54.1 Å². The molecule has 176 valence electrons. The molecule has 0 radical (unpaired) electrons. The number of fused-ring (bicyclic) bond motifs is 3. The summed E-state index contributed by atoms with van der Waals surface area (Å²) in [6.07, 6.45) is -1.05. The number of nitrogens with one attached hydrogen (secondary N) is 1. The second-order valence-corrected chi connectivity index (χ2v) is 7.98. The number of carbonyl (C=O) groups excluding carboxylic acids is 2. The van der Waals surface area contributed by atoms with Gasteiger partial charge in [-0.3, -0.25) is 4.79 Å². The van der Waals surface area contributed by atoms with Gasteiger partial charge in [-0.15, -0.1) is 0 Å². The van der Waals surface area contributed by atoms with E-state index >= 15 is 0 Å². The van der Waals surface area contributed by atoms with Gasteiger partial charge >= 0.3 is 11.6 Å². The number of methoxy groups -OCH3 is 2. The van der Waals surface area contributed by atoms with E-state index in [9.17, 15) is 14.4 Å². The first-order chi connectivity index (χ1) is 17.0. The molecule has 8 heteroatoms. The minimum absolute atomic E-state index is 0.254. The van der Waals surface area contributed by atoms with Gasteiger partial charge in [0.05, 0.1) is 36.7 Å². The normalized spacial score (nSPS) is 16.3. The van der Waals surface area contributed by atoms with Crippen LogP contribution in [0.1, 0.15) is 27.4 Å². The molecule has 0 saturated carbocycles. The first-order valence-electron chi connectivity index (χ1n) is 10.9. The number of carbonyl (C=O) groups is 2.